The molecule has 0 unspecified atom stereocenters. The molecule has 15 heavy (non-hydrogen) atoms. The molecule has 0 aliphatic rings. The van der Waals surface area contributed by atoms with Crippen molar-refractivity contribution in [3.05, 3.63) is 0 Å². The molecular weight excluding hydrogens is 194 g/mol. The van der Waals surface area contributed by atoms with Gasteiger partial charge in [-0.05, 0) is 12.3 Å². The maximum absolute atomic E-state index is 10.3. The minimum absolute atomic E-state index is 0.481. The van der Waals surface area contributed by atoms with Crippen LogP contribution in [-0.4, -0.2) is 38.9 Å². The summed E-state index contributed by atoms with van der Waals surface area (Å²) in [4.78, 5) is 10.3. The first kappa shape index (κ1) is 14.2. The summed E-state index contributed by atoms with van der Waals surface area (Å²) in [5, 5.41) is 5.63. The van der Waals surface area contributed by atoms with Gasteiger partial charge in [-0.3, -0.25) is 0 Å². The van der Waals surface area contributed by atoms with E-state index in [2.05, 4.69) is 24.5 Å². The van der Waals surface area contributed by atoms with Crippen molar-refractivity contribution in [1.82, 2.24) is 10.6 Å². The Morgan fingerprint density at radius 1 is 1.27 bits per heavy atom. The smallest absolute Gasteiger partial charge is 0.312 e. The van der Waals surface area contributed by atoms with E-state index in [4.69, 9.17) is 10.5 Å². The number of primary amides is 1. The van der Waals surface area contributed by atoms with Crippen molar-refractivity contribution in [2.24, 2.45) is 11.7 Å². The van der Waals surface area contributed by atoms with E-state index in [-0.39, 0.29) is 0 Å². The van der Waals surface area contributed by atoms with Gasteiger partial charge in [0.1, 0.15) is 0 Å². The quantitative estimate of drug-likeness (QED) is 0.486. The van der Waals surface area contributed by atoms with Gasteiger partial charge in [0.15, 0.2) is 0 Å². The summed E-state index contributed by atoms with van der Waals surface area (Å²) in [5.41, 5.74) is 4.90. The van der Waals surface area contributed by atoms with Crippen LogP contribution in [0.15, 0.2) is 0 Å². The van der Waals surface area contributed by atoms with Crippen molar-refractivity contribution in [2.45, 2.75) is 20.3 Å². The van der Waals surface area contributed by atoms with Crippen molar-refractivity contribution in [1.29, 1.82) is 0 Å². The summed E-state index contributed by atoms with van der Waals surface area (Å²) in [6.45, 7) is 7.97. The second-order valence-corrected chi connectivity index (χ2v) is 3.84. The number of hydrogen-bond donors (Lipinski definition) is 3. The predicted octanol–water partition coefficient (Wildman–Crippen LogP) is 0.307. The number of amides is 2. The molecule has 0 saturated heterocycles. The molecule has 0 atom stereocenters. The Bertz CT molecular complexity index is 163. The van der Waals surface area contributed by atoms with E-state index in [0.29, 0.717) is 19.1 Å². The minimum atomic E-state index is -0.481. The zero-order valence-electron chi connectivity index (χ0n) is 9.71. The van der Waals surface area contributed by atoms with Crippen LogP contribution in [0.4, 0.5) is 4.79 Å². The highest BCUT2D eigenvalue weighted by Gasteiger charge is 1.94. The summed E-state index contributed by atoms with van der Waals surface area (Å²) >= 11 is 0. The average molecular weight is 217 g/mol. The van der Waals surface area contributed by atoms with E-state index >= 15 is 0 Å². The molecule has 0 aliphatic carbocycles. The molecule has 0 fully saturated rings. The average Bonchev–Trinajstić information content (AvgIpc) is 2.14. The molecule has 5 heteroatoms. The molecule has 0 bridgehead atoms. The highest BCUT2D eigenvalue weighted by Crippen LogP contribution is 1.97. The number of ether oxygens (including phenoxy) is 1. The van der Waals surface area contributed by atoms with E-state index in [0.717, 1.165) is 26.1 Å². The van der Waals surface area contributed by atoms with Gasteiger partial charge in [0.2, 0.25) is 0 Å². The molecule has 0 radical (unpaired) electrons. The standard InChI is InChI=1S/C10H23N3O2/c1-9(2)3-7-15-8-6-12-4-5-13-10(11)14/h9,12H,3-8H2,1-2H3,(H3,11,13,14). The molecule has 4 N–H and O–H groups in total. The summed E-state index contributed by atoms with van der Waals surface area (Å²) < 4.78 is 5.40. The Balaban J connectivity index is 2.96. The van der Waals surface area contributed by atoms with Gasteiger partial charge in [-0.15, -0.1) is 0 Å². The lowest BCUT2D eigenvalue weighted by Crippen LogP contribution is -2.36. The zero-order valence-corrected chi connectivity index (χ0v) is 9.71. The summed E-state index contributed by atoms with van der Waals surface area (Å²) in [5.74, 6) is 0.692. The highest BCUT2D eigenvalue weighted by molar-refractivity contribution is 5.71. The first-order valence-electron chi connectivity index (χ1n) is 5.44. The fraction of sp³-hybridized carbons (Fsp3) is 0.900. The van der Waals surface area contributed by atoms with Gasteiger partial charge in [0, 0.05) is 26.2 Å². The van der Waals surface area contributed by atoms with Crippen LogP contribution >= 0.6 is 0 Å². The molecule has 0 heterocycles. The summed E-state index contributed by atoms with van der Waals surface area (Å²) in [6, 6.07) is -0.481. The lowest BCUT2D eigenvalue weighted by atomic mass is 10.1. The number of carbonyl (C=O) groups is 1. The molecule has 90 valence electrons. The van der Waals surface area contributed by atoms with Gasteiger partial charge >= 0.3 is 6.03 Å². The van der Waals surface area contributed by atoms with Crippen LogP contribution in [0.2, 0.25) is 0 Å². The van der Waals surface area contributed by atoms with Crippen molar-refractivity contribution < 1.29 is 9.53 Å². The molecule has 0 rings (SSSR count). The van der Waals surface area contributed by atoms with E-state index in [1.165, 1.54) is 0 Å². The molecule has 2 amide bonds. The first-order valence-corrected chi connectivity index (χ1v) is 5.44. The number of hydrogen-bond acceptors (Lipinski definition) is 3. The van der Waals surface area contributed by atoms with Crippen LogP contribution in [0.3, 0.4) is 0 Å². The Hall–Kier alpha value is -0.810. The number of nitrogens with two attached hydrogens (primary N) is 1. The normalized spacial score (nSPS) is 10.6. The lowest BCUT2D eigenvalue weighted by molar-refractivity contribution is 0.125. The van der Waals surface area contributed by atoms with E-state index in [1.54, 1.807) is 0 Å². The maximum Gasteiger partial charge on any atom is 0.312 e. The van der Waals surface area contributed by atoms with Crippen LogP contribution < -0.4 is 16.4 Å². The van der Waals surface area contributed by atoms with Gasteiger partial charge in [0.05, 0.1) is 6.61 Å². The Kier molecular flexibility index (Phi) is 9.21. The molecule has 0 aromatic heterocycles. The number of rotatable bonds is 9. The van der Waals surface area contributed by atoms with Crippen LogP contribution in [0, 0.1) is 5.92 Å². The van der Waals surface area contributed by atoms with Crippen LogP contribution in [0.1, 0.15) is 20.3 Å². The van der Waals surface area contributed by atoms with Gasteiger partial charge in [0.25, 0.3) is 0 Å². The maximum atomic E-state index is 10.3. The number of nitrogens with one attached hydrogen (secondary N) is 2. The summed E-state index contributed by atoms with van der Waals surface area (Å²) in [7, 11) is 0. The van der Waals surface area contributed by atoms with Gasteiger partial charge in [-0.2, -0.15) is 0 Å². The van der Waals surface area contributed by atoms with Crippen molar-refractivity contribution in [2.75, 3.05) is 32.8 Å². The molecule has 0 saturated carbocycles. The molecule has 0 aromatic rings. The largest absolute Gasteiger partial charge is 0.380 e. The first-order chi connectivity index (χ1) is 7.13. The second kappa shape index (κ2) is 9.73. The fourth-order valence-electron chi connectivity index (χ4n) is 0.965. The van der Waals surface area contributed by atoms with Crippen LogP contribution in [-0.2, 0) is 4.74 Å². The van der Waals surface area contributed by atoms with Crippen molar-refractivity contribution >= 4 is 6.03 Å². The van der Waals surface area contributed by atoms with Gasteiger partial charge in [-0.1, -0.05) is 13.8 Å². The van der Waals surface area contributed by atoms with Crippen molar-refractivity contribution in [3.63, 3.8) is 0 Å². The molecule has 0 aromatic carbocycles. The SMILES string of the molecule is CC(C)CCOCCNCCNC(N)=O. The van der Waals surface area contributed by atoms with Gasteiger partial charge < -0.3 is 21.1 Å². The number of urea groups is 1. The molecular formula is C10H23N3O2. The molecule has 0 spiro atoms. The van der Waals surface area contributed by atoms with Crippen molar-refractivity contribution in [3.8, 4) is 0 Å². The monoisotopic (exact) mass is 217 g/mol. The van der Waals surface area contributed by atoms with E-state index in [1.807, 2.05) is 0 Å². The third kappa shape index (κ3) is 13.2. The number of carbonyl (C=O) groups excluding carboxylic acids is 1. The van der Waals surface area contributed by atoms with E-state index < -0.39 is 6.03 Å². The van der Waals surface area contributed by atoms with Gasteiger partial charge in [-0.25, -0.2) is 4.79 Å². The Morgan fingerprint density at radius 3 is 2.60 bits per heavy atom. The zero-order chi connectivity index (χ0) is 11.5. The van der Waals surface area contributed by atoms with E-state index in [9.17, 15) is 4.79 Å². The molecule has 0 aliphatic heterocycles. The second-order valence-electron chi connectivity index (χ2n) is 3.84. The fourth-order valence-corrected chi connectivity index (χ4v) is 0.965. The predicted molar refractivity (Wildman–Crippen MR) is 60.7 cm³/mol. The Labute approximate surface area is 91.7 Å². The third-order valence-corrected chi connectivity index (χ3v) is 1.86. The third-order valence-electron chi connectivity index (χ3n) is 1.86. The summed E-state index contributed by atoms with van der Waals surface area (Å²) in [6.07, 6.45) is 1.10. The highest BCUT2D eigenvalue weighted by atomic mass is 16.5. The lowest BCUT2D eigenvalue weighted by Gasteiger charge is -2.07. The molecule has 5 nitrogen and oxygen atoms in total. The topological polar surface area (TPSA) is 76.4 Å². The Morgan fingerprint density at radius 2 is 2.00 bits per heavy atom. The van der Waals surface area contributed by atoms with Crippen LogP contribution in [0.5, 0.6) is 0 Å². The van der Waals surface area contributed by atoms with Crippen LogP contribution in [0.25, 0.3) is 0 Å². The minimum Gasteiger partial charge on any atom is -0.380 e.